The summed E-state index contributed by atoms with van der Waals surface area (Å²) in [5, 5.41) is 7.64. The van der Waals surface area contributed by atoms with Crippen LogP contribution in [0.1, 0.15) is 31.5 Å². The van der Waals surface area contributed by atoms with Gasteiger partial charge >= 0.3 is 0 Å². The van der Waals surface area contributed by atoms with Crippen LogP contribution >= 0.6 is 0 Å². The highest BCUT2D eigenvalue weighted by atomic mass is 16.5. The molecule has 1 heterocycles. The van der Waals surface area contributed by atoms with Crippen molar-refractivity contribution in [3.8, 4) is 11.4 Å². The number of para-hydroxylation sites is 2. The predicted molar refractivity (Wildman–Crippen MR) is 120 cm³/mol. The zero-order valence-corrected chi connectivity index (χ0v) is 17.9. The Balaban J connectivity index is 1.51. The van der Waals surface area contributed by atoms with E-state index in [2.05, 4.69) is 10.4 Å². The zero-order valence-electron chi connectivity index (χ0n) is 17.9. The average molecular weight is 407 g/mol. The molecule has 3 rings (SSSR count). The maximum atomic E-state index is 12.7. The van der Waals surface area contributed by atoms with Crippen LogP contribution in [0.15, 0.2) is 60.7 Å². The second-order valence-corrected chi connectivity index (χ2v) is 8.04. The molecule has 0 bridgehead atoms. The number of anilines is 1. The summed E-state index contributed by atoms with van der Waals surface area (Å²) in [5.74, 6) is 1.45. The number of hydrogen-bond donors (Lipinski definition) is 2. The van der Waals surface area contributed by atoms with E-state index in [-0.39, 0.29) is 5.91 Å². The van der Waals surface area contributed by atoms with Crippen molar-refractivity contribution < 1.29 is 9.53 Å². The van der Waals surface area contributed by atoms with Gasteiger partial charge in [0.05, 0.1) is 18.5 Å². The lowest BCUT2D eigenvalue weighted by Crippen LogP contribution is -2.39. The van der Waals surface area contributed by atoms with E-state index in [4.69, 9.17) is 10.5 Å². The number of amides is 1. The van der Waals surface area contributed by atoms with E-state index >= 15 is 0 Å². The number of nitrogens with zero attached hydrogens (tertiary/aromatic N) is 2. The third-order valence-electron chi connectivity index (χ3n) is 5.12. The molecule has 6 nitrogen and oxygen atoms in total. The largest absolute Gasteiger partial charge is 0.496 e. The van der Waals surface area contributed by atoms with Gasteiger partial charge in [-0.25, -0.2) is 4.68 Å². The topological polar surface area (TPSA) is 82.2 Å². The molecule has 0 aliphatic rings. The average Bonchev–Trinajstić information content (AvgIpc) is 3.12. The number of nitrogens with two attached hydrogens (primary N) is 1. The molecule has 6 heteroatoms. The Labute approximate surface area is 178 Å². The van der Waals surface area contributed by atoms with Gasteiger partial charge in [0, 0.05) is 18.0 Å². The minimum absolute atomic E-state index is 0.0303. The predicted octanol–water partition coefficient (Wildman–Crippen LogP) is 3.78. The van der Waals surface area contributed by atoms with Crippen molar-refractivity contribution in [2.75, 3.05) is 19.4 Å². The highest BCUT2D eigenvalue weighted by molar-refractivity contribution is 5.82. The summed E-state index contributed by atoms with van der Waals surface area (Å²) in [4.78, 5) is 12.7. The molecular formula is C24H30N4O2. The van der Waals surface area contributed by atoms with Gasteiger partial charge in [0.25, 0.3) is 0 Å². The van der Waals surface area contributed by atoms with E-state index in [9.17, 15) is 4.79 Å². The van der Waals surface area contributed by atoms with Gasteiger partial charge in [0.15, 0.2) is 0 Å². The molecule has 0 radical (unpaired) electrons. The molecule has 0 saturated carbocycles. The lowest BCUT2D eigenvalue weighted by Gasteiger charge is -2.24. The number of methoxy groups -OCH3 is 1. The van der Waals surface area contributed by atoms with E-state index in [0.717, 1.165) is 35.5 Å². The normalized spacial score (nSPS) is 11.3. The minimum Gasteiger partial charge on any atom is -0.496 e. The molecule has 0 spiro atoms. The first-order valence-corrected chi connectivity index (χ1v) is 10.2. The maximum absolute atomic E-state index is 12.7. The van der Waals surface area contributed by atoms with Crippen LogP contribution < -0.4 is 15.8 Å². The number of nitrogens with one attached hydrogen (secondary N) is 1. The highest BCUT2D eigenvalue weighted by Crippen LogP contribution is 2.28. The van der Waals surface area contributed by atoms with Crippen molar-refractivity contribution >= 4 is 11.7 Å². The first-order valence-electron chi connectivity index (χ1n) is 10.2. The molecule has 0 fully saturated rings. The van der Waals surface area contributed by atoms with Crippen molar-refractivity contribution in [3.63, 3.8) is 0 Å². The van der Waals surface area contributed by atoms with E-state index < -0.39 is 5.41 Å². The van der Waals surface area contributed by atoms with Crippen molar-refractivity contribution in [1.29, 1.82) is 0 Å². The first kappa shape index (κ1) is 21.4. The van der Waals surface area contributed by atoms with Gasteiger partial charge in [-0.15, -0.1) is 0 Å². The molecule has 30 heavy (non-hydrogen) atoms. The number of benzene rings is 2. The van der Waals surface area contributed by atoms with Crippen LogP contribution in [0.2, 0.25) is 0 Å². The Kier molecular flexibility index (Phi) is 6.77. The third-order valence-corrected chi connectivity index (χ3v) is 5.12. The number of carbonyl (C=O) groups is 1. The minimum atomic E-state index is -0.534. The molecule has 158 valence electrons. The molecule has 0 aliphatic carbocycles. The number of rotatable bonds is 9. The highest BCUT2D eigenvalue weighted by Gasteiger charge is 2.28. The summed E-state index contributed by atoms with van der Waals surface area (Å²) in [6, 6.07) is 19.5. The van der Waals surface area contributed by atoms with Crippen LogP contribution in [-0.2, 0) is 17.6 Å². The first-order chi connectivity index (χ1) is 14.4. The van der Waals surface area contributed by atoms with Crippen LogP contribution in [0, 0.1) is 5.41 Å². The van der Waals surface area contributed by atoms with Crippen LogP contribution in [0.3, 0.4) is 0 Å². The lowest BCUT2D eigenvalue weighted by molar-refractivity contribution is -0.129. The van der Waals surface area contributed by atoms with Gasteiger partial charge in [-0.2, -0.15) is 5.10 Å². The Hall–Kier alpha value is -3.28. The molecule has 0 aliphatic heterocycles. The Morgan fingerprint density at radius 1 is 1.13 bits per heavy atom. The maximum Gasteiger partial charge on any atom is 0.225 e. The molecule has 0 unspecified atom stereocenters. The zero-order chi connectivity index (χ0) is 21.6. The van der Waals surface area contributed by atoms with Gasteiger partial charge in [-0.1, -0.05) is 50.2 Å². The summed E-state index contributed by atoms with van der Waals surface area (Å²) in [6.45, 7) is 4.50. The summed E-state index contributed by atoms with van der Waals surface area (Å²) in [6.07, 6.45) is 2.15. The van der Waals surface area contributed by atoms with Crippen LogP contribution in [0.4, 0.5) is 5.82 Å². The van der Waals surface area contributed by atoms with E-state index in [0.29, 0.717) is 18.8 Å². The Morgan fingerprint density at radius 3 is 2.57 bits per heavy atom. The molecule has 3 aromatic rings. The fourth-order valence-corrected chi connectivity index (χ4v) is 3.46. The van der Waals surface area contributed by atoms with Crippen LogP contribution in [0.25, 0.3) is 5.69 Å². The van der Waals surface area contributed by atoms with E-state index in [1.807, 2.05) is 74.5 Å². The van der Waals surface area contributed by atoms with Gasteiger partial charge in [0.1, 0.15) is 11.6 Å². The number of aryl methyl sites for hydroxylation is 1. The fourth-order valence-electron chi connectivity index (χ4n) is 3.46. The Bertz CT molecular complexity index is 980. The summed E-state index contributed by atoms with van der Waals surface area (Å²) < 4.78 is 7.15. The molecular weight excluding hydrogens is 376 g/mol. The van der Waals surface area contributed by atoms with Crippen molar-refractivity contribution in [3.05, 3.63) is 71.9 Å². The van der Waals surface area contributed by atoms with Gasteiger partial charge in [-0.05, 0) is 43.0 Å². The second-order valence-electron chi connectivity index (χ2n) is 8.04. The molecule has 1 amide bonds. The monoisotopic (exact) mass is 406 g/mol. The lowest BCUT2D eigenvalue weighted by atomic mass is 9.84. The van der Waals surface area contributed by atoms with Crippen molar-refractivity contribution in [2.45, 2.75) is 33.1 Å². The van der Waals surface area contributed by atoms with Gasteiger partial charge < -0.3 is 15.8 Å². The van der Waals surface area contributed by atoms with Crippen LogP contribution in [0.5, 0.6) is 5.75 Å². The number of nitrogen functional groups attached to an aromatic ring is 1. The van der Waals surface area contributed by atoms with E-state index in [1.54, 1.807) is 11.8 Å². The quantitative estimate of drug-likeness (QED) is 0.530. The molecule has 0 saturated heterocycles. The van der Waals surface area contributed by atoms with Gasteiger partial charge in [0.2, 0.25) is 5.91 Å². The molecule has 1 aromatic heterocycles. The van der Waals surface area contributed by atoms with Gasteiger partial charge in [-0.3, -0.25) is 4.79 Å². The molecule has 0 atom stereocenters. The summed E-state index contributed by atoms with van der Waals surface area (Å²) in [7, 11) is 1.65. The molecule has 2 aromatic carbocycles. The number of ether oxygens (including phenoxy) is 1. The third kappa shape index (κ3) is 5.20. The number of hydrogen-bond acceptors (Lipinski definition) is 4. The number of carbonyl (C=O) groups excluding carboxylic acids is 1. The van der Waals surface area contributed by atoms with Crippen molar-refractivity contribution in [2.24, 2.45) is 5.41 Å². The number of aromatic nitrogens is 2. The van der Waals surface area contributed by atoms with Crippen LogP contribution in [-0.4, -0.2) is 29.3 Å². The van der Waals surface area contributed by atoms with E-state index in [1.165, 1.54) is 0 Å². The fraction of sp³-hybridized carbons (Fsp3) is 0.333. The Morgan fingerprint density at radius 2 is 1.83 bits per heavy atom. The summed E-state index contributed by atoms with van der Waals surface area (Å²) in [5.41, 5.74) is 8.45. The second kappa shape index (κ2) is 9.48. The molecule has 3 N–H and O–H groups in total. The SMILES string of the molecule is COc1ccccc1CC(C)(C)C(=O)NCCCc1cc(N)n(-c2ccccc2)n1. The van der Waals surface area contributed by atoms with Crippen molar-refractivity contribution in [1.82, 2.24) is 15.1 Å². The smallest absolute Gasteiger partial charge is 0.225 e. The summed E-state index contributed by atoms with van der Waals surface area (Å²) >= 11 is 0. The standard InChI is InChI=1S/C24H30N4O2/c1-24(2,17-18-10-7-8-14-21(18)30-3)23(29)26-15-9-11-19-16-22(25)28(27-19)20-12-5-4-6-13-20/h4-8,10,12-14,16H,9,11,15,17,25H2,1-3H3,(H,26,29).